The fourth-order valence-electron chi connectivity index (χ4n) is 1.84. The summed E-state index contributed by atoms with van der Waals surface area (Å²) >= 11 is 4.21. The van der Waals surface area contributed by atoms with Gasteiger partial charge in [0, 0.05) is 6.54 Å². The number of hydrogen-bond donors (Lipinski definition) is 2. The van der Waals surface area contributed by atoms with Gasteiger partial charge in [0.05, 0.1) is 5.60 Å². The molecule has 1 fully saturated rings. The standard InChI is InChI=1S/C10H21NOS/c1-10(12)4-2-6-11(8-5-10)7-3-9-13/h12-13H,2-9H2,1H3. The van der Waals surface area contributed by atoms with Gasteiger partial charge in [-0.2, -0.15) is 12.6 Å². The van der Waals surface area contributed by atoms with Crippen LogP contribution in [-0.2, 0) is 0 Å². The van der Waals surface area contributed by atoms with Crippen LogP contribution in [-0.4, -0.2) is 41.0 Å². The van der Waals surface area contributed by atoms with Crippen molar-refractivity contribution in [2.45, 2.75) is 38.2 Å². The molecule has 3 heteroatoms. The fraction of sp³-hybridized carbons (Fsp3) is 1.00. The number of rotatable bonds is 3. The molecular weight excluding hydrogens is 182 g/mol. The second-order valence-corrected chi connectivity index (χ2v) is 4.72. The Hall–Kier alpha value is 0.270. The Morgan fingerprint density at radius 1 is 1.38 bits per heavy atom. The number of aliphatic hydroxyl groups is 1. The molecule has 0 aliphatic carbocycles. The summed E-state index contributed by atoms with van der Waals surface area (Å²) in [5.41, 5.74) is -0.421. The maximum Gasteiger partial charge on any atom is 0.0632 e. The van der Waals surface area contributed by atoms with Crippen LogP contribution in [0.3, 0.4) is 0 Å². The zero-order valence-corrected chi connectivity index (χ0v) is 9.39. The Bertz CT molecular complexity index is 150. The Morgan fingerprint density at radius 3 is 2.85 bits per heavy atom. The van der Waals surface area contributed by atoms with Crippen molar-refractivity contribution in [1.29, 1.82) is 0 Å². The fourth-order valence-corrected chi connectivity index (χ4v) is 1.98. The van der Waals surface area contributed by atoms with Gasteiger partial charge in [0.15, 0.2) is 0 Å². The summed E-state index contributed by atoms with van der Waals surface area (Å²) in [5, 5.41) is 9.86. The van der Waals surface area contributed by atoms with Crippen LogP contribution < -0.4 is 0 Å². The van der Waals surface area contributed by atoms with Crippen molar-refractivity contribution in [2.75, 3.05) is 25.4 Å². The van der Waals surface area contributed by atoms with Gasteiger partial charge in [0.1, 0.15) is 0 Å². The number of likely N-dealkylation sites (tertiary alicyclic amines) is 1. The lowest BCUT2D eigenvalue weighted by molar-refractivity contribution is 0.0447. The predicted molar refractivity (Wildman–Crippen MR) is 59.4 cm³/mol. The maximum atomic E-state index is 9.86. The van der Waals surface area contributed by atoms with Crippen molar-refractivity contribution in [3.8, 4) is 0 Å². The molecule has 78 valence electrons. The maximum absolute atomic E-state index is 9.86. The van der Waals surface area contributed by atoms with Crippen LogP contribution in [0.2, 0.25) is 0 Å². The molecule has 0 spiro atoms. The second kappa shape index (κ2) is 5.23. The normalized spacial score (nSPS) is 31.6. The highest BCUT2D eigenvalue weighted by Gasteiger charge is 2.24. The lowest BCUT2D eigenvalue weighted by Gasteiger charge is -2.22. The SMILES string of the molecule is CC1(O)CCCN(CCCS)CC1. The van der Waals surface area contributed by atoms with Gasteiger partial charge in [-0.15, -0.1) is 0 Å². The zero-order chi connectivity index (χ0) is 9.73. The zero-order valence-electron chi connectivity index (χ0n) is 8.50. The summed E-state index contributed by atoms with van der Waals surface area (Å²) in [6.07, 6.45) is 4.15. The van der Waals surface area contributed by atoms with Crippen LogP contribution >= 0.6 is 12.6 Å². The van der Waals surface area contributed by atoms with Gasteiger partial charge in [0.2, 0.25) is 0 Å². The van der Waals surface area contributed by atoms with Crippen LogP contribution in [0.25, 0.3) is 0 Å². The van der Waals surface area contributed by atoms with Crippen LogP contribution in [0.5, 0.6) is 0 Å². The molecule has 1 aliphatic heterocycles. The molecule has 1 aliphatic rings. The molecule has 0 aromatic carbocycles. The summed E-state index contributed by atoms with van der Waals surface area (Å²) in [4.78, 5) is 2.44. The largest absolute Gasteiger partial charge is 0.390 e. The smallest absolute Gasteiger partial charge is 0.0632 e. The highest BCUT2D eigenvalue weighted by molar-refractivity contribution is 7.80. The molecule has 1 heterocycles. The summed E-state index contributed by atoms with van der Waals surface area (Å²) in [7, 11) is 0. The second-order valence-electron chi connectivity index (χ2n) is 4.27. The van der Waals surface area contributed by atoms with Crippen molar-refractivity contribution in [2.24, 2.45) is 0 Å². The average Bonchev–Trinajstić information content (AvgIpc) is 2.23. The topological polar surface area (TPSA) is 23.5 Å². The lowest BCUT2D eigenvalue weighted by Crippen LogP contribution is -2.29. The Labute approximate surface area is 86.7 Å². The third kappa shape index (κ3) is 4.34. The van der Waals surface area contributed by atoms with E-state index >= 15 is 0 Å². The van der Waals surface area contributed by atoms with Crippen molar-refractivity contribution in [3.63, 3.8) is 0 Å². The average molecular weight is 203 g/mol. The van der Waals surface area contributed by atoms with Crippen molar-refractivity contribution >= 4 is 12.6 Å². The van der Waals surface area contributed by atoms with Gasteiger partial charge >= 0.3 is 0 Å². The van der Waals surface area contributed by atoms with E-state index < -0.39 is 5.60 Å². The molecule has 0 aromatic heterocycles. The van der Waals surface area contributed by atoms with Gasteiger partial charge in [-0.05, 0) is 51.4 Å². The summed E-state index contributed by atoms with van der Waals surface area (Å²) in [6, 6.07) is 0. The third-order valence-electron chi connectivity index (χ3n) is 2.79. The summed E-state index contributed by atoms with van der Waals surface area (Å²) in [6.45, 7) is 5.28. The molecule has 2 nitrogen and oxygen atoms in total. The van der Waals surface area contributed by atoms with Crippen LogP contribution in [0.1, 0.15) is 32.6 Å². The minimum atomic E-state index is -0.421. The molecular formula is C10H21NOS. The molecule has 0 amide bonds. The highest BCUT2D eigenvalue weighted by Crippen LogP contribution is 2.21. The summed E-state index contributed by atoms with van der Waals surface area (Å²) in [5.74, 6) is 0.965. The summed E-state index contributed by atoms with van der Waals surface area (Å²) < 4.78 is 0. The van der Waals surface area contributed by atoms with E-state index in [1.54, 1.807) is 0 Å². The molecule has 1 atom stereocenters. The Kier molecular flexibility index (Phi) is 4.56. The van der Waals surface area contributed by atoms with E-state index in [0.29, 0.717) is 0 Å². The first-order chi connectivity index (χ1) is 6.14. The van der Waals surface area contributed by atoms with Gasteiger partial charge in [0.25, 0.3) is 0 Å². The Balaban J connectivity index is 2.28. The molecule has 1 saturated heterocycles. The van der Waals surface area contributed by atoms with E-state index in [-0.39, 0.29) is 0 Å². The van der Waals surface area contributed by atoms with E-state index in [9.17, 15) is 5.11 Å². The molecule has 13 heavy (non-hydrogen) atoms. The molecule has 0 aromatic rings. The van der Waals surface area contributed by atoms with Gasteiger partial charge < -0.3 is 10.0 Å². The minimum Gasteiger partial charge on any atom is -0.390 e. The van der Waals surface area contributed by atoms with E-state index in [1.807, 2.05) is 6.92 Å². The van der Waals surface area contributed by atoms with Crippen molar-refractivity contribution in [1.82, 2.24) is 4.90 Å². The molecule has 0 saturated carbocycles. The van der Waals surface area contributed by atoms with E-state index in [2.05, 4.69) is 17.5 Å². The van der Waals surface area contributed by atoms with E-state index in [0.717, 1.165) is 51.1 Å². The van der Waals surface area contributed by atoms with E-state index in [4.69, 9.17) is 0 Å². The molecule has 1 rings (SSSR count). The van der Waals surface area contributed by atoms with Crippen molar-refractivity contribution in [3.05, 3.63) is 0 Å². The third-order valence-corrected chi connectivity index (χ3v) is 3.10. The first-order valence-corrected chi connectivity index (χ1v) is 5.83. The number of hydrogen-bond acceptors (Lipinski definition) is 3. The van der Waals surface area contributed by atoms with Crippen LogP contribution in [0.4, 0.5) is 0 Å². The van der Waals surface area contributed by atoms with E-state index in [1.165, 1.54) is 0 Å². The highest BCUT2D eigenvalue weighted by atomic mass is 32.1. The first-order valence-electron chi connectivity index (χ1n) is 5.20. The van der Waals surface area contributed by atoms with Crippen LogP contribution in [0.15, 0.2) is 0 Å². The van der Waals surface area contributed by atoms with Crippen molar-refractivity contribution < 1.29 is 5.11 Å². The molecule has 1 unspecified atom stereocenters. The lowest BCUT2D eigenvalue weighted by atomic mass is 9.98. The monoisotopic (exact) mass is 203 g/mol. The molecule has 0 radical (unpaired) electrons. The quantitative estimate of drug-likeness (QED) is 0.680. The number of nitrogens with zero attached hydrogens (tertiary/aromatic N) is 1. The van der Waals surface area contributed by atoms with Gasteiger partial charge in [-0.25, -0.2) is 0 Å². The van der Waals surface area contributed by atoms with Crippen LogP contribution in [0, 0.1) is 0 Å². The minimum absolute atomic E-state index is 0.421. The number of thiol groups is 1. The first kappa shape index (κ1) is 11.3. The van der Waals surface area contributed by atoms with Gasteiger partial charge in [-0.1, -0.05) is 0 Å². The predicted octanol–water partition coefficient (Wildman–Crippen LogP) is 1.54. The molecule has 1 N–H and O–H groups in total. The Morgan fingerprint density at radius 2 is 2.15 bits per heavy atom. The molecule has 0 bridgehead atoms. The van der Waals surface area contributed by atoms with Gasteiger partial charge in [-0.3, -0.25) is 0 Å².